The molecule has 3 rings (SSSR count). The smallest absolute Gasteiger partial charge is 0.265 e. The molecule has 0 radical (unpaired) electrons. The van der Waals surface area contributed by atoms with Crippen molar-refractivity contribution in [2.45, 2.75) is 63.0 Å². The van der Waals surface area contributed by atoms with Gasteiger partial charge in [0.25, 0.3) is 5.91 Å². The van der Waals surface area contributed by atoms with Gasteiger partial charge in [-0.15, -0.1) is 0 Å². The number of nitrogens with one attached hydrogen (secondary N) is 2. The van der Waals surface area contributed by atoms with Crippen LogP contribution in [0.5, 0.6) is 5.75 Å². The first-order valence-electron chi connectivity index (χ1n) is 9.56. The number of ether oxygens (including phenoxy) is 1. The van der Waals surface area contributed by atoms with E-state index in [1.54, 1.807) is 19.9 Å². The van der Waals surface area contributed by atoms with Crippen LogP contribution in [0, 0.1) is 6.92 Å². The maximum absolute atomic E-state index is 13.0. The van der Waals surface area contributed by atoms with Crippen molar-refractivity contribution in [3.8, 4) is 5.75 Å². The summed E-state index contributed by atoms with van der Waals surface area (Å²) in [5.41, 5.74) is 0.911. The first kappa shape index (κ1) is 20.6. The predicted molar refractivity (Wildman–Crippen MR) is 105 cm³/mol. The van der Waals surface area contributed by atoms with Crippen LogP contribution in [0.4, 0.5) is 5.69 Å². The second-order valence-corrected chi connectivity index (χ2v) is 9.54. The first-order valence-corrected chi connectivity index (χ1v) is 11.0. The minimum atomic E-state index is -3.89. The number of amides is 2. The van der Waals surface area contributed by atoms with Crippen LogP contribution in [-0.4, -0.2) is 50.3 Å². The number of hydrogen-bond acceptors (Lipinski definition) is 5. The molecule has 2 N–H and O–H groups in total. The SMILES string of the molecule is Cc1cc2c(cc1S(=O)(=O)N(C)CC(=O)NC1CCCCC1)OC(C)C(=O)N2. The summed E-state index contributed by atoms with van der Waals surface area (Å²) in [6.45, 7) is 2.99. The summed E-state index contributed by atoms with van der Waals surface area (Å²) in [5.74, 6) is -0.277. The predicted octanol–water partition coefficient (Wildman–Crippen LogP) is 1.78. The topological polar surface area (TPSA) is 105 Å². The zero-order chi connectivity index (χ0) is 20.5. The lowest BCUT2D eigenvalue weighted by Crippen LogP contribution is -2.43. The average molecular weight is 410 g/mol. The second-order valence-electron chi connectivity index (χ2n) is 7.53. The minimum absolute atomic E-state index is 0.0579. The summed E-state index contributed by atoms with van der Waals surface area (Å²) in [6.07, 6.45) is 4.52. The normalized spacial score (nSPS) is 20.3. The molecule has 2 aliphatic rings. The van der Waals surface area contributed by atoms with Crippen molar-refractivity contribution in [3.63, 3.8) is 0 Å². The van der Waals surface area contributed by atoms with Gasteiger partial charge in [-0.2, -0.15) is 4.31 Å². The Hall–Kier alpha value is -2.13. The van der Waals surface area contributed by atoms with Gasteiger partial charge < -0.3 is 15.4 Å². The molecular formula is C19H27N3O5S. The number of likely N-dealkylation sites (N-methyl/N-ethyl adjacent to an activating group) is 1. The fraction of sp³-hybridized carbons (Fsp3) is 0.579. The summed E-state index contributed by atoms with van der Waals surface area (Å²) >= 11 is 0. The molecule has 9 heteroatoms. The molecule has 8 nitrogen and oxygen atoms in total. The lowest BCUT2D eigenvalue weighted by Gasteiger charge is -2.26. The number of sulfonamides is 1. The van der Waals surface area contributed by atoms with Crippen LogP contribution in [0.1, 0.15) is 44.6 Å². The van der Waals surface area contributed by atoms with E-state index in [0.29, 0.717) is 17.0 Å². The maximum atomic E-state index is 13.0. The quantitative estimate of drug-likeness (QED) is 0.771. The van der Waals surface area contributed by atoms with Crippen molar-refractivity contribution in [2.75, 3.05) is 18.9 Å². The third-order valence-electron chi connectivity index (χ3n) is 5.23. The highest BCUT2D eigenvalue weighted by Gasteiger charge is 2.30. The van der Waals surface area contributed by atoms with E-state index in [1.807, 2.05) is 0 Å². The van der Waals surface area contributed by atoms with Crippen molar-refractivity contribution in [1.82, 2.24) is 9.62 Å². The van der Waals surface area contributed by atoms with Crippen molar-refractivity contribution in [1.29, 1.82) is 0 Å². The molecule has 1 saturated carbocycles. The molecule has 1 unspecified atom stereocenters. The Labute approximate surface area is 165 Å². The van der Waals surface area contributed by atoms with Crippen molar-refractivity contribution in [2.24, 2.45) is 0 Å². The Bertz CT molecular complexity index is 878. The molecular weight excluding hydrogens is 382 g/mol. The highest BCUT2D eigenvalue weighted by Crippen LogP contribution is 2.35. The number of anilines is 1. The van der Waals surface area contributed by atoms with Crippen molar-refractivity contribution >= 4 is 27.5 Å². The summed E-state index contributed by atoms with van der Waals surface area (Å²) in [5, 5.41) is 5.63. The van der Waals surface area contributed by atoms with Crippen LogP contribution in [0.2, 0.25) is 0 Å². The highest BCUT2D eigenvalue weighted by atomic mass is 32.2. The number of hydrogen-bond donors (Lipinski definition) is 2. The van der Waals surface area contributed by atoms with E-state index in [-0.39, 0.29) is 29.3 Å². The Balaban J connectivity index is 1.75. The lowest BCUT2D eigenvalue weighted by atomic mass is 9.95. The second kappa shape index (κ2) is 8.08. The van der Waals surface area contributed by atoms with E-state index in [4.69, 9.17) is 4.74 Å². The minimum Gasteiger partial charge on any atom is -0.479 e. The zero-order valence-corrected chi connectivity index (χ0v) is 17.3. The summed E-state index contributed by atoms with van der Waals surface area (Å²) in [7, 11) is -2.50. The number of fused-ring (bicyclic) bond motifs is 1. The third kappa shape index (κ3) is 4.30. The van der Waals surface area contributed by atoms with Crippen LogP contribution in [0.15, 0.2) is 17.0 Å². The molecule has 154 valence electrons. The molecule has 28 heavy (non-hydrogen) atoms. The molecule has 1 aromatic rings. The van der Waals surface area contributed by atoms with Gasteiger partial charge in [-0.3, -0.25) is 9.59 Å². The Kier molecular flexibility index (Phi) is 5.95. The molecule has 1 fully saturated rings. The van der Waals surface area contributed by atoms with E-state index < -0.39 is 16.1 Å². The average Bonchev–Trinajstić information content (AvgIpc) is 2.63. The molecule has 1 atom stereocenters. The zero-order valence-electron chi connectivity index (χ0n) is 16.4. The van der Waals surface area contributed by atoms with Crippen LogP contribution < -0.4 is 15.4 Å². The third-order valence-corrected chi connectivity index (χ3v) is 7.18. The monoisotopic (exact) mass is 409 g/mol. The van der Waals surface area contributed by atoms with Gasteiger partial charge in [0, 0.05) is 19.2 Å². The maximum Gasteiger partial charge on any atom is 0.265 e. The molecule has 0 saturated heterocycles. The van der Waals surface area contributed by atoms with Crippen LogP contribution >= 0.6 is 0 Å². The number of carbonyl (C=O) groups is 2. The number of nitrogens with zero attached hydrogens (tertiary/aromatic N) is 1. The molecule has 1 aliphatic heterocycles. The van der Waals surface area contributed by atoms with Gasteiger partial charge in [-0.05, 0) is 38.3 Å². The molecule has 0 spiro atoms. The molecule has 0 bridgehead atoms. The van der Waals surface area contributed by atoms with Gasteiger partial charge >= 0.3 is 0 Å². The summed E-state index contributed by atoms with van der Waals surface area (Å²) < 4.78 is 32.6. The van der Waals surface area contributed by atoms with E-state index in [1.165, 1.54) is 19.5 Å². The number of benzene rings is 1. The standard InChI is InChI=1S/C19H27N3O5S/c1-12-9-15-16(27-13(2)19(24)21-15)10-17(12)28(25,26)22(3)11-18(23)20-14-7-5-4-6-8-14/h9-10,13-14H,4-8,11H2,1-3H3,(H,20,23)(H,21,24). The Morgan fingerprint density at radius 2 is 1.96 bits per heavy atom. The molecule has 0 aromatic heterocycles. The fourth-order valence-electron chi connectivity index (χ4n) is 3.60. The Morgan fingerprint density at radius 3 is 2.64 bits per heavy atom. The molecule has 1 heterocycles. The van der Waals surface area contributed by atoms with Gasteiger partial charge in [0.05, 0.1) is 17.1 Å². The lowest BCUT2D eigenvalue weighted by molar-refractivity contribution is -0.123. The molecule has 1 aliphatic carbocycles. The summed E-state index contributed by atoms with van der Waals surface area (Å²) in [4.78, 5) is 24.1. The van der Waals surface area contributed by atoms with Crippen LogP contribution in [-0.2, 0) is 19.6 Å². The van der Waals surface area contributed by atoms with Gasteiger partial charge in [-0.25, -0.2) is 8.42 Å². The first-order chi connectivity index (χ1) is 13.2. The number of rotatable bonds is 5. The van der Waals surface area contributed by atoms with E-state index in [0.717, 1.165) is 30.0 Å². The van der Waals surface area contributed by atoms with E-state index in [2.05, 4.69) is 10.6 Å². The van der Waals surface area contributed by atoms with E-state index in [9.17, 15) is 18.0 Å². The van der Waals surface area contributed by atoms with Crippen LogP contribution in [0.25, 0.3) is 0 Å². The highest BCUT2D eigenvalue weighted by molar-refractivity contribution is 7.89. The van der Waals surface area contributed by atoms with Crippen molar-refractivity contribution in [3.05, 3.63) is 17.7 Å². The summed E-state index contributed by atoms with van der Waals surface area (Å²) in [6, 6.07) is 3.11. The number of carbonyl (C=O) groups excluding carboxylic acids is 2. The number of aryl methyl sites for hydroxylation is 1. The van der Waals surface area contributed by atoms with Crippen LogP contribution in [0.3, 0.4) is 0 Å². The van der Waals surface area contributed by atoms with Gasteiger partial charge in [-0.1, -0.05) is 19.3 Å². The van der Waals surface area contributed by atoms with Gasteiger partial charge in [0.2, 0.25) is 15.9 Å². The Morgan fingerprint density at radius 1 is 1.29 bits per heavy atom. The molecule has 1 aromatic carbocycles. The molecule has 2 amide bonds. The van der Waals surface area contributed by atoms with Crippen molar-refractivity contribution < 1.29 is 22.7 Å². The fourth-order valence-corrected chi connectivity index (χ4v) is 4.94. The van der Waals surface area contributed by atoms with Gasteiger partial charge in [0.1, 0.15) is 5.75 Å². The van der Waals surface area contributed by atoms with Gasteiger partial charge in [0.15, 0.2) is 6.10 Å². The largest absolute Gasteiger partial charge is 0.479 e. The van der Waals surface area contributed by atoms with E-state index >= 15 is 0 Å².